The number of aliphatic imine (C=N–C) groups is 1. The summed E-state index contributed by atoms with van der Waals surface area (Å²) < 4.78 is 5.64. The van der Waals surface area contributed by atoms with Gasteiger partial charge in [-0.05, 0) is 26.3 Å². The minimum atomic E-state index is 0.104. The Morgan fingerprint density at radius 3 is 2.42 bits per heavy atom. The molecule has 1 unspecified atom stereocenters. The van der Waals surface area contributed by atoms with E-state index in [2.05, 4.69) is 18.5 Å². The van der Waals surface area contributed by atoms with E-state index in [1.165, 1.54) is 0 Å². The molecule has 0 radical (unpaired) electrons. The highest BCUT2D eigenvalue weighted by atomic mass is 16.5. The molecule has 0 bridgehead atoms. The van der Waals surface area contributed by atoms with Crippen molar-refractivity contribution in [3.63, 3.8) is 0 Å². The summed E-state index contributed by atoms with van der Waals surface area (Å²) in [5, 5.41) is 0. The lowest BCUT2D eigenvalue weighted by Crippen LogP contribution is -2.25. The molecule has 0 amide bonds. The van der Waals surface area contributed by atoms with Gasteiger partial charge in [0.1, 0.15) is 0 Å². The molecule has 0 N–H and O–H groups in total. The van der Waals surface area contributed by atoms with Gasteiger partial charge in [0, 0.05) is 7.05 Å². The average Bonchev–Trinajstić information content (AvgIpc) is 2.04. The van der Waals surface area contributed by atoms with Gasteiger partial charge in [-0.25, -0.2) is 0 Å². The van der Waals surface area contributed by atoms with Crippen molar-refractivity contribution in [2.24, 2.45) is 4.99 Å². The molecule has 2 heteroatoms. The first-order chi connectivity index (χ1) is 5.65. The molecule has 0 saturated heterocycles. The summed E-state index contributed by atoms with van der Waals surface area (Å²) in [6.07, 6.45) is 3.05. The zero-order chi connectivity index (χ0) is 9.56. The van der Waals surface area contributed by atoms with Crippen LogP contribution in [-0.2, 0) is 4.74 Å². The van der Waals surface area contributed by atoms with E-state index in [1.54, 1.807) is 13.1 Å². The van der Waals surface area contributed by atoms with Crippen molar-refractivity contribution in [2.75, 3.05) is 7.05 Å². The van der Waals surface area contributed by atoms with Crippen LogP contribution in [0.1, 0.15) is 27.2 Å². The molecule has 2 nitrogen and oxygen atoms in total. The fourth-order valence-electron chi connectivity index (χ4n) is 1.07. The second-order valence-corrected chi connectivity index (χ2v) is 2.93. The Morgan fingerprint density at radius 2 is 2.17 bits per heavy atom. The molecule has 0 aliphatic heterocycles. The summed E-state index contributed by atoms with van der Waals surface area (Å²) in [6.45, 7) is 9.84. The Balaban J connectivity index is 4.22. The van der Waals surface area contributed by atoms with Crippen LogP contribution in [0.4, 0.5) is 0 Å². The quantitative estimate of drug-likeness (QED) is 0.579. The fraction of sp³-hybridized carbons (Fsp3) is 0.700. The Bertz CT molecular complexity index is 161. The van der Waals surface area contributed by atoms with Crippen LogP contribution in [0.2, 0.25) is 0 Å². The summed E-state index contributed by atoms with van der Waals surface area (Å²) in [5.74, 6) is 0. The van der Waals surface area contributed by atoms with Crippen molar-refractivity contribution in [2.45, 2.75) is 39.4 Å². The highest BCUT2D eigenvalue weighted by molar-refractivity contribution is 5.98. The van der Waals surface area contributed by atoms with Crippen LogP contribution in [0.5, 0.6) is 0 Å². The molecule has 0 aromatic carbocycles. The van der Waals surface area contributed by atoms with Gasteiger partial charge >= 0.3 is 0 Å². The standard InChI is InChI=1S/C10H19NO/c1-6-9(11-5)10(7-2)12-8(3)4/h6,8,10H,1,7H2,2-5H3. The summed E-state index contributed by atoms with van der Waals surface area (Å²) in [7, 11) is 1.77. The van der Waals surface area contributed by atoms with Gasteiger partial charge in [-0.2, -0.15) is 0 Å². The Kier molecular flexibility index (Phi) is 5.64. The first kappa shape index (κ1) is 11.4. The summed E-state index contributed by atoms with van der Waals surface area (Å²) in [4.78, 5) is 4.10. The van der Waals surface area contributed by atoms with Crippen molar-refractivity contribution < 1.29 is 4.74 Å². The molecule has 12 heavy (non-hydrogen) atoms. The lowest BCUT2D eigenvalue weighted by atomic mass is 10.1. The summed E-state index contributed by atoms with van der Waals surface area (Å²) in [5.41, 5.74) is 0.936. The van der Waals surface area contributed by atoms with Gasteiger partial charge in [0.2, 0.25) is 0 Å². The molecule has 1 atom stereocenters. The van der Waals surface area contributed by atoms with E-state index in [9.17, 15) is 0 Å². The van der Waals surface area contributed by atoms with Crippen LogP contribution < -0.4 is 0 Å². The molecule has 0 rings (SSSR count). The van der Waals surface area contributed by atoms with Crippen LogP contribution in [0.3, 0.4) is 0 Å². The number of ether oxygens (including phenoxy) is 1. The fourth-order valence-corrected chi connectivity index (χ4v) is 1.07. The van der Waals surface area contributed by atoms with Gasteiger partial charge in [-0.3, -0.25) is 4.99 Å². The van der Waals surface area contributed by atoms with E-state index in [-0.39, 0.29) is 12.2 Å². The molecule has 0 aliphatic carbocycles. The van der Waals surface area contributed by atoms with Crippen molar-refractivity contribution in [1.82, 2.24) is 0 Å². The van der Waals surface area contributed by atoms with Gasteiger partial charge in [0.25, 0.3) is 0 Å². The third-order valence-electron chi connectivity index (χ3n) is 1.60. The molecular weight excluding hydrogens is 150 g/mol. The SMILES string of the molecule is C=CC(=NC)C(CC)OC(C)C. The Labute approximate surface area is 75.3 Å². The second-order valence-electron chi connectivity index (χ2n) is 2.93. The molecule has 0 spiro atoms. The van der Waals surface area contributed by atoms with Crippen LogP contribution >= 0.6 is 0 Å². The topological polar surface area (TPSA) is 21.6 Å². The zero-order valence-corrected chi connectivity index (χ0v) is 8.50. The van der Waals surface area contributed by atoms with Gasteiger partial charge in [-0.1, -0.05) is 13.5 Å². The summed E-state index contributed by atoms with van der Waals surface area (Å²) in [6, 6.07) is 0. The lowest BCUT2D eigenvalue weighted by molar-refractivity contribution is 0.0452. The maximum atomic E-state index is 5.64. The second kappa shape index (κ2) is 5.95. The van der Waals surface area contributed by atoms with Crippen LogP contribution in [0, 0.1) is 0 Å². The highest BCUT2D eigenvalue weighted by Crippen LogP contribution is 2.05. The molecular formula is C10H19NO. The lowest BCUT2D eigenvalue weighted by Gasteiger charge is -2.18. The van der Waals surface area contributed by atoms with Crippen molar-refractivity contribution in [1.29, 1.82) is 0 Å². The van der Waals surface area contributed by atoms with Gasteiger partial charge in [-0.15, -0.1) is 0 Å². The van der Waals surface area contributed by atoms with Crippen LogP contribution in [-0.4, -0.2) is 25.0 Å². The van der Waals surface area contributed by atoms with E-state index < -0.39 is 0 Å². The molecule has 0 heterocycles. The Hall–Kier alpha value is -0.630. The predicted octanol–water partition coefficient (Wildman–Crippen LogP) is 2.45. The van der Waals surface area contributed by atoms with E-state index in [1.807, 2.05) is 13.8 Å². The third-order valence-corrected chi connectivity index (χ3v) is 1.60. The number of hydrogen-bond acceptors (Lipinski definition) is 2. The number of nitrogens with zero attached hydrogens (tertiary/aromatic N) is 1. The molecule has 0 aromatic heterocycles. The highest BCUT2D eigenvalue weighted by Gasteiger charge is 2.12. The van der Waals surface area contributed by atoms with E-state index in [0.717, 1.165) is 12.1 Å². The molecule has 0 aliphatic rings. The number of rotatable bonds is 5. The number of hydrogen-bond donors (Lipinski definition) is 0. The Morgan fingerprint density at radius 1 is 1.58 bits per heavy atom. The molecule has 0 saturated carbocycles. The normalized spacial score (nSPS) is 14.9. The zero-order valence-electron chi connectivity index (χ0n) is 8.50. The van der Waals surface area contributed by atoms with Crippen molar-refractivity contribution >= 4 is 5.71 Å². The first-order valence-electron chi connectivity index (χ1n) is 4.40. The first-order valence-corrected chi connectivity index (χ1v) is 4.40. The van der Waals surface area contributed by atoms with Gasteiger partial charge in [0.05, 0.1) is 17.9 Å². The molecule has 0 fully saturated rings. The van der Waals surface area contributed by atoms with E-state index >= 15 is 0 Å². The van der Waals surface area contributed by atoms with E-state index in [0.29, 0.717) is 0 Å². The van der Waals surface area contributed by atoms with Gasteiger partial charge < -0.3 is 4.74 Å². The largest absolute Gasteiger partial charge is 0.369 e. The molecule has 70 valence electrons. The monoisotopic (exact) mass is 169 g/mol. The van der Waals surface area contributed by atoms with Crippen molar-refractivity contribution in [3.05, 3.63) is 12.7 Å². The minimum Gasteiger partial charge on any atom is -0.369 e. The van der Waals surface area contributed by atoms with E-state index in [4.69, 9.17) is 4.74 Å². The average molecular weight is 169 g/mol. The smallest absolute Gasteiger partial charge is 0.0990 e. The van der Waals surface area contributed by atoms with Gasteiger partial charge in [0.15, 0.2) is 0 Å². The summed E-state index contributed by atoms with van der Waals surface area (Å²) >= 11 is 0. The maximum Gasteiger partial charge on any atom is 0.0990 e. The van der Waals surface area contributed by atoms with Crippen LogP contribution in [0.15, 0.2) is 17.6 Å². The van der Waals surface area contributed by atoms with Crippen molar-refractivity contribution in [3.8, 4) is 0 Å². The maximum absolute atomic E-state index is 5.64. The predicted molar refractivity (Wildman–Crippen MR) is 53.9 cm³/mol. The third kappa shape index (κ3) is 3.67. The minimum absolute atomic E-state index is 0.104. The van der Waals surface area contributed by atoms with Crippen LogP contribution in [0.25, 0.3) is 0 Å². The molecule has 0 aromatic rings.